The number of aromatic nitrogens is 1. The van der Waals surface area contributed by atoms with Gasteiger partial charge in [-0.2, -0.15) is 0 Å². The Bertz CT molecular complexity index is 558. The fraction of sp³-hybridized carbons (Fsp3) is 0.750. The van der Waals surface area contributed by atoms with Crippen LogP contribution in [0.1, 0.15) is 59.1 Å². The van der Waals surface area contributed by atoms with E-state index in [1.54, 1.807) is 0 Å². The van der Waals surface area contributed by atoms with E-state index in [0.29, 0.717) is 0 Å². The van der Waals surface area contributed by atoms with E-state index in [1.165, 1.54) is 12.1 Å². The van der Waals surface area contributed by atoms with Crippen LogP contribution in [-0.2, 0) is 18.3 Å². The summed E-state index contributed by atoms with van der Waals surface area (Å²) in [6, 6.07) is 4.22. The molecule has 2 rings (SSSR count). The predicted molar refractivity (Wildman–Crippen MR) is 102 cm³/mol. The Morgan fingerprint density at radius 3 is 2.76 bits per heavy atom. The van der Waals surface area contributed by atoms with Gasteiger partial charge in [0.2, 0.25) is 0 Å². The fourth-order valence-electron chi connectivity index (χ4n) is 3.79. The van der Waals surface area contributed by atoms with Gasteiger partial charge >= 0.3 is 6.09 Å². The van der Waals surface area contributed by atoms with Crippen molar-refractivity contribution in [3.05, 3.63) is 24.0 Å². The molecular formula is C20H35N3O2. The number of rotatable bonds is 6. The van der Waals surface area contributed by atoms with E-state index >= 15 is 0 Å². The highest BCUT2D eigenvalue weighted by Crippen LogP contribution is 2.34. The largest absolute Gasteiger partial charge is 0.444 e. The standard InChI is InChI=1S/C20H35N3O2/c1-6-10-20(15-21-14-17-9-7-12-22(17)5)11-8-13-23(16-20)18(24)25-19(2,3)4/h7,9,12,21H,6,8,10-11,13-16H2,1-5H3. The fourth-order valence-corrected chi connectivity index (χ4v) is 3.79. The molecule has 0 radical (unpaired) electrons. The molecule has 5 nitrogen and oxygen atoms in total. The minimum absolute atomic E-state index is 0.148. The number of ether oxygens (including phenoxy) is 1. The van der Waals surface area contributed by atoms with Gasteiger partial charge in [-0.3, -0.25) is 0 Å². The van der Waals surface area contributed by atoms with Crippen molar-refractivity contribution in [1.29, 1.82) is 0 Å². The Kier molecular flexibility index (Phi) is 6.55. The second-order valence-electron chi connectivity index (χ2n) is 8.47. The number of aryl methyl sites for hydroxylation is 1. The Balaban J connectivity index is 1.97. The second-order valence-corrected chi connectivity index (χ2v) is 8.47. The molecule has 1 atom stereocenters. The van der Waals surface area contributed by atoms with E-state index in [9.17, 15) is 4.79 Å². The van der Waals surface area contributed by atoms with Crippen molar-refractivity contribution >= 4 is 6.09 Å². The maximum absolute atomic E-state index is 12.5. The lowest BCUT2D eigenvalue weighted by Crippen LogP contribution is -2.51. The number of hydrogen-bond donors (Lipinski definition) is 1. The zero-order valence-electron chi connectivity index (χ0n) is 16.6. The van der Waals surface area contributed by atoms with Crippen LogP contribution in [0, 0.1) is 5.41 Å². The van der Waals surface area contributed by atoms with Gasteiger partial charge in [-0.25, -0.2) is 4.79 Å². The predicted octanol–water partition coefficient (Wildman–Crippen LogP) is 3.93. The van der Waals surface area contributed by atoms with Crippen molar-refractivity contribution in [1.82, 2.24) is 14.8 Å². The highest BCUT2D eigenvalue weighted by molar-refractivity contribution is 5.68. The van der Waals surface area contributed by atoms with Gasteiger partial charge in [-0.1, -0.05) is 13.3 Å². The summed E-state index contributed by atoms with van der Waals surface area (Å²) in [5, 5.41) is 3.63. The van der Waals surface area contributed by atoms with Gasteiger partial charge in [-0.05, 0) is 52.2 Å². The molecule has 1 aromatic rings. The molecule has 1 aliphatic heterocycles. The maximum Gasteiger partial charge on any atom is 0.410 e. The average molecular weight is 350 g/mol. The third-order valence-electron chi connectivity index (χ3n) is 4.95. The van der Waals surface area contributed by atoms with Crippen LogP contribution in [0.4, 0.5) is 4.79 Å². The molecule has 1 aromatic heterocycles. The van der Waals surface area contributed by atoms with Crippen molar-refractivity contribution < 1.29 is 9.53 Å². The van der Waals surface area contributed by atoms with Crippen LogP contribution in [0.2, 0.25) is 0 Å². The molecule has 1 saturated heterocycles. The number of nitrogens with zero attached hydrogens (tertiary/aromatic N) is 2. The van der Waals surface area contributed by atoms with Crippen molar-refractivity contribution in [3.63, 3.8) is 0 Å². The van der Waals surface area contributed by atoms with Gasteiger partial charge in [0.1, 0.15) is 5.60 Å². The van der Waals surface area contributed by atoms with Gasteiger partial charge < -0.3 is 19.5 Å². The van der Waals surface area contributed by atoms with Crippen LogP contribution in [0.15, 0.2) is 18.3 Å². The molecule has 1 unspecified atom stereocenters. The van der Waals surface area contributed by atoms with E-state index in [0.717, 1.165) is 45.4 Å². The zero-order valence-corrected chi connectivity index (χ0v) is 16.6. The smallest absolute Gasteiger partial charge is 0.410 e. The number of likely N-dealkylation sites (tertiary alicyclic amines) is 1. The molecule has 1 N–H and O–H groups in total. The van der Waals surface area contributed by atoms with Crippen LogP contribution < -0.4 is 5.32 Å². The maximum atomic E-state index is 12.5. The summed E-state index contributed by atoms with van der Waals surface area (Å²) in [5.74, 6) is 0. The Labute approximate surface area is 152 Å². The molecule has 0 saturated carbocycles. The van der Waals surface area contributed by atoms with E-state index < -0.39 is 5.60 Å². The first-order valence-electron chi connectivity index (χ1n) is 9.53. The van der Waals surface area contributed by atoms with Crippen LogP contribution >= 0.6 is 0 Å². The summed E-state index contributed by atoms with van der Waals surface area (Å²) >= 11 is 0. The summed E-state index contributed by atoms with van der Waals surface area (Å²) in [7, 11) is 2.07. The second kappa shape index (κ2) is 8.26. The van der Waals surface area contributed by atoms with Gasteiger partial charge in [0.05, 0.1) is 0 Å². The first-order chi connectivity index (χ1) is 11.7. The Morgan fingerprint density at radius 2 is 2.16 bits per heavy atom. The number of carbonyl (C=O) groups is 1. The molecular weight excluding hydrogens is 314 g/mol. The third kappa shape index (κ3) is 5.77. The first kappa shape index (κ1) is 19.8. The van der Waals surface area contributed by atoms with E-state index in [-0.39, 0.29) is 11.5 Å². The minimum Gasteiger partial charge on any atom is -0.444 e. The Hall–Kier alpha value is -1.49. The summed E-state index contributed by atoms with van der Waals surface area (Å²) < 4.78 is 7.74. The molecule has 25 heavy (non-hydrogen) atoms. The topological polar surface area (TPSA) is 46.5 Å². The highest BCUT2D eigenvalue weighted by atomic mass is 16.6. The molecule has 0 bridgehead atoms. The molecule has 1 amide bonds. The SMILES string of the molecule is CCCC1(CNCc2cccn2C)CCCN(C(=O)OC(C)(C)C)C1. The van der Waals surface area contributed by atoms with Gasteiger partial charge in [-0.15, -0.1) is 0 Å². The molecule has 0 spiro atoms. The van der Waals surface area contributed by atoms with Crippen LogP contribution in [0.5, 0.6) is 0 Å². The summed E-state index contributed by atoms with van der Waals surface area (Å²) in [4.78, 5) is 14.4. The quantitative estimate of drug-likeness (QED) is 0.846. The van der Waals surface area contributed by atoms with Gasteiger partial charge in [0.15, 0.2) is 0 Å². The minimum atomic E-state index is -0.438. The number of hydrogen-bond acceptors (Lipinski definition) is 3. The number of piperidine rings is 1. The van der Waals surface area contributed by atoms with Crippen molar-refractivity contribution in [2.24, 2.45) is 12.5 Å². The lowest BCUT2D eigenvalue weighted by molar-refractivity contribution is 0.00233. The van der Waals surface area contributed by atoms with Gasteiger partial charge in [0, 0.05) is 50.5 Å². The van der Waals surface area contributed by atoms with Crippen molar-refractivity contribution in [2.45, 2.75) is 65.5 Å². The van der Waals surface area contributed by atoms with Crippen molar-refractivity contribution in [3.8, 4) is 0 Å². The van der Waals surface area contributed by atoms with Crippen LogP contribution in [0.25, 0.3) is 0 Å². The lowest BCUT2D eigenvalue weighted by atomic mass is 9.76. The molecule has 142 valence electrons. The van der Waals surface area contributed by atoms with Crippen molar-refractivity contribution in [2.75, 3.05) is 19.6 Å². The normalized spacial score (nSPS) is 21.4. The van der Waals surface area contributed by atoms with Crippen LogP contribution in [0.3, 0.4) is 0 Å². The zero-order chi connectivity index (χ0) is 18.5. The van der Waals surface area contributed by atoms with E-state index in [4.69, 9.17) is 4.74 Å². The molecule has 2 heterocycles. The Morgan fingerprint density at radius 1 is 1.40 bits per heavy atom. The third-order valence-corrected chi connectivity index (χ3v) is 4.95. The lowest BCUT2D eigenvalue weighted by Gasteiger charge is -2.43. The molecule has 0 aliphatic carbocycles. The monoisotopic (exact) mass is 349 g/mol. The number of carbonyl (C=O) groups excluding carboxylic acids is 1. The average Bonchev–Trinajstić information content (AvgIpc) is 2.91. The molecule has 0 aromatic carbocycles. The van der Waals surface area contributed by atoms with Crippen LogP contribution in [-0.4, -0.2) is 40.8 Å². The first-order valence-corrected chi connectivity index (χ1v) is 9.53. The number of nitrogens with one attached hydrogen (secondary N) is 1. The molecule has 1 aliphatic rings. The van der Waals surface area contributed by atoms with E-state index in [1.807, 2.05) is 25.7 Å². The molecule has 5 heteroatoms. The summed E-state index contributed by atoms with van der Waals surface area (Å²) in [5.41, 5.74) is 0.994. The van der Waals surface area contributed by atoms with Gasteiger partial charge in [0.25, 0.3) is 0 Å². The van der Waals surface area contributed by atoms with E-state index in [2.05, 4.69) is 42.2 Å². The summed E-state index contributed by atoms with van der Waals surface area (Å²) in [6.07, 6.45) is 6.38. The number of amides is 1. The summed E-state index contributed by atoms with van der Waals surface area (Å²) in [6.45, 7) is 11.4. The highest BCUT2D eigenvalue weighted by Gasteiger charge is 2.37. The molecule has 1 fully saturated rings.